The number of ether oxygens (including phenoxy) is 2. The molecule has 38 heavy (non-hydrogen) atoms. The van der Waals surface area contributed by atoms with Gasteiger partial charge in [-0.1, -0.05) is 26.2 Å². The van der Waals surface area contributed by atoms with E-state index in [9.17, 15) is 4.79 Å². The first kappa shape index (κ1) is 28.7. The van der Waals surface area contributed by atoms with E-state index >= 15 is 0 Å². The molecule has 2 saturated carbocycles. The molecule has 0 aromatic heterocycles. The summed E-state index contributed by atoms with van der Waals surface area (Å²) in [5.74, 6) is 1.17. The molecule has 5 aliphatic rings. The Hall–Kier alpha value is -0.770. The SMILES string of the molecule is COC(=O)CCCOC1C(C)CC2CCCNC2C1N1CCCN(CC2CCN(C3CCCCC3)N2)CC1. The molecule has 6 unspecified atom stereocenters. The molecule has 0 bridgehead atoms. The Morgan fingerprint density at radius 3 is 2.66 bits per heavy atom. The maximum Gasteiger partial charge on any atom is 0.305 e. The third kappa shape index (κ3) is 7.29. The molecule has 0 amide bonds. The van der Waals surface area contributed by atoms with Crippen molar-refractivity contribution in [1.82, 2.24) is 25.6 Å². The molecule has 3 saturated heterocycles. The summed E-state index contributed by atoms with van der Waals surface area (Å²) in [7, 11) is 1.47. The summed E-state index contributed by atoms with van der Waals surface area (Å²) < 4.78 is 11.5. The third-order valence-electron chi connectivity index (χ3n) is 10.2. The number of carbonyl (C=O) groups is 1. The molecular weight excluding hydrogens is 478 g/mol. The highest BCUT2D eigenvalue weighted by atomic mass is 16.5. The number of esters is 1. The van der Waals surface area contributed by atoms with Crippen LogP contribution in [0.4, 0.5) is 0 Å². The van der Waals surface area contributed by atoms with Crippen LogP contribution in [0.15, 0.2) is 0 Å². The number of fused-ring (bicyclic) bond motifs is 1. The van der Waals surface area contributed by atoms with Gasteiger partial charge in [-0.25, -0.2) is 5.01 Å². The molecule has 0 spiro atoms. The number of hydrogen-bond donors (Lipinski definition) is 2. The standard InChI is InChI=1S/C30H55N5O3/c1-23-21-24-9-6-14-31-28(24)29(30(23)38-20-7-12-27(36)37-2)34-16-8-15-33(18-19-34)22-25-13-17-35(32-25)26-10-4-3-5-11-26/h23-26,28-32H,3-22H2,1-2H3. The molecule has 6 atom stereocenters. The summed E-state index contributed by atoms with van der Waals surface area (Å²) in [6.07, 6.45) is 14.8. The summed E-state index contributed by atoms with van der Waals surface area (Å²) in [5, 5.41) is 6.53. The molecule has 2 aliphatic carbocycles. The zero-order valence-corrected chi connectivity index (χ0v) is 24.2. The van der Waals surface area contributed by atoms with Crippen molar-refractivity contribution >= 4 is 5.97 Å². The van der Waals surface area contributed by atoms with Crippen LogP contribution in [0.1, 0.15) is 84.0 Å². The van der Waals surface area contributed by atoms with Crippen LogP contribution in [0.5, 0.6) is 0 Å². The largest absolute Gasteiger partial charge is 0.469 e. The Labute approximate surface area is 231 Å². The summed E-state index contributed by atoms with van der Waals surface area (Å²) in [6.45, 7) is 11.2. The molecule has 8 heteroatoms. The highest BCUT2D eigenvalue weighted by molar-refractivity contribution is 5.68. The topological polar surface area (TPSA) is 69.3 Å². The zero-order valence-electron chi connectivity index (χ0n) is 24.2. The number of rotatable bonds is 9. The first-order chi connectivity index (χ1) is 18.6. The quantitative estimate of drug-likeness (QED) is 0.346. The first-order valence-corrected chi connectivity index (χ1v) is 16.0. The minimum atomic E-state index is -0.137. The van der Waals surface area contributed by atoms with Gasteiger partial charge in [0.15, 0.2) is 0 Å². The lowest BCUT2D eigenvalue weighted by Crippen LogP contribution is -2.65. The second kappa shape index (κ2) is 14.2. The Balaban J connectivity index is 1.16. The fourth-order valence-corrected chi connectivity index (χ4v) is 8.29. The van der Waals surface area contributed by atoms with Crippen molar-refractivity contribution in [2.75, 3.05) is 59.5 Å². The lowest BCUT2D eigenvalue weighted by molar-refractivity contribution is -0.141. The molecule has 8 nitrogen and oxygen atoms in total. The molecule has 0 aromatic carbocycles. The highest BCUT2D eigenvalue weighted by Crippen LogP contribution is 2.39. The lowest BCUT2D eigenvalue weighted by Gasteiger charge is -2.52. The van der Waals surface area contributed by atoms with E-state index in [1.807, 2.05) is 0 Å². The molecule has 218 valence electrons. The average molecular weight is 534 g/mol. The van der Waals surface area contributed by atoms with Crippen LogP contribution in [0.2, 0.25) is 0 Å². The van der Waals surface area contributed by atoms with E-state index in [2.05, 4.69) is 32.5 Å². The van der Waals surface area contributed by atoms with Gasteiger partial charge in [0, 0.05) is 57.3 Å². The Kier molecular flexibility index (Phi) is 10.8. The van der Waals surface area contributed by atoms with E-state index in [4.69, 9.17) is 9.47 Å². The fourth-order valence-electron chi connectivity index (χ4n) is 8.29. The molecule has 5 rings (SSSR count). The summed E-state index contributed by atoms with van der Waals surface area (Å²) >= 11 is 0. The van der Waals surface area contributed by atoms with Gasteiger partial charge in [-0.2, -0.15) is 0 Å². The van der Waals surface area contributed by atoms with Gasteiger partial charge < -0.3 is 19.7 Å². The maximum absolute atomic E-state index is 11.6. The molecule has 2 N–H and O–H groups in total. The molecular formula is C30H55N5O3. The summed E-state index contributed by atoms with van der Waals surface area (Å²) in [5.41, 5.74) is 3.91. The monoisotopic (exact) mass is 533 g/mol. The van der Waals surface area contributed by atoms with Crippen LogP contribution in [0.25, 0.3) is 0 Å². The van der Waals surface area contributed by atoms with Crippen molar-refractivity contribution in [3.63, 3.8) is 0 Å². The number of piperidine rings is 1. The van der Waals surface area contributed by atoms with E-state index in [1.165, 1.54) is 91.0 Å². The number of hydrazine groups is 1. The molecule has 3 aliphatic heterocycles. The Bertz CT molecular complexity index is 735. The second-order valence-corrected chi connectivity index (χ2v) is 12.9. The third-order valence-corrected chi connectivity index (χ3v) is 10.2. The summed E-state index contributed by atoms with van der Waals surface area (Å²) in [4.78, 5) is 17.1. The molecule has 0 aromatic rings. The van der Waals surface area contributed by atoms with Crippen LogP contribution in [-0.4, -0.2) is 111 Å². The minimum absolute atomic E-state index is 0.137. The number of nitrogens with zero attached hydrogens (tertiary/aromatic N) is 3. The van der Waals surface area contributed by atoms with Crippen molar-refractivity contribution in [2.45, 2.75) is 114 Å². The van der Waals surface area contributed by atoms with Crippen molar-refractivity contribution in [3.8, 4) is 0 Å². The summed E-state index contributed by atoms with van der Waals surface area (Å²) in [6, 6.07) is 2.32. The smallest absolute Gasteiger partial charge is 0.305 e. The van der Waals surface area contributed by atoms with Crippen molar-refractivity contribution in [3.05, 3.63) is 0 Å². The highest BCUT2D eigenvalue weighted by Gasteiger charge is 2.47. The van der Waals surface area contributed by atoms with Crippen LogP contribution >= 0.6 is 0 Å². The van der Waals surface area contributed by atoms with Gasteiger partial charge in [-0.15, -0.1) is 0 Å². The predicted molar refractivity (Wildman–Crippen MR) is 151 cm³/mol. The number of nitrogens with one attached hydrogen (secondary N) is 2. The van der Waals surface area contributed by atoms with E-state index in [0.29, 0.717) is 37.1 Å². The van der Waals surface area contributed by atoms with Gasteiger partial charge in [0.1, 0.15) is 0 Å². The minimum Gasteiger partial charge on any atom is -0.469 e. The molecule has 0 radical (unpaired) electrons. The number of carbonyl (C=O) groups excluding carboxylic acids is 1. The van der Waals surface area contributed by atoms with Crippen molar-refractivity contribution in [1.29, 1.82) is 0 Å². The van der Waals surface area contributed by atoms with E-state index < -0.39 is 0 Å². The van der Waals surface area contributed by atoms with Gasteiger partial charge in [0.2, 0.25) is 0 Å². The van der Waals surface area contributed by atoms with Crippen molar-refractivity contribution < 1.29 is 14.3 Å². The molecule has 3 heterocycles. The number of methoxy groups -OCH3 is 1. The lowest BCUT2D eigenvalue weighted by atomic mass is 9.70. The van der Waals surface area contributed by atoms with Crippen LogP contribution in [0, 0.1) is 11.8 Å². The average Bonchev–Trinajstić information content (AvgIpc) is 3.29. The fraction of sp³-hybridized carbons (Fsp3) is 0.967. The molecule has 5 fully saturated rings. The van der Waals surface area contributed by atoms with Crippen LogP contribution in [-0.2, 0) is 14.3 Å². The van der Waals surface area contributed by atoms with E-state index in [-0.39, 0.29) is 12.1 Å². The second-order valence-electron chi connectivity index (χ2n) is 12.9. The number of hydrogen-bond acceptors (Lipinski definition) is 8. The van der Waals surface area contributed by atoms with Gasteiger partial charge in [-0.05, 0) is 82.8 Å². The Morgan fingerprint density at radius 2 is 1.82 bits per heavy atom. The maximum atomic E-state index is 11.6. The van der Waals surface area contributed by atoms with E-state index in [0.717, 1.165) is 44.6 Å². The Morgan fingerprint density at radius 1 is 0.947 bits per heavy atom. The van der Waals surface area contributed by atoms with E-state index in [1.54, 1.807) is 0 Å². The normalized spacial score (nSPS) is 36.6. The zero-order chi connectivity index (χ0) is 26.3. The van der Waals surface area contributed by atoms with Crippen molar-refractivity contribution in [2.24, 2.45) is 11.8 Å². The van der Waals surface area contributed by atoms with Gasteiger partial charge >= 0.3 is 5.97 Å². The van der Waals surface area contributed by atoms with Gasteiger partial charge in [0.25, 0.3) is 0 Å². The van der Waals surface area contributed by atoms with Crippen LogP contribution < -0.4 is 10.7 Å². The van der Waals surface area contributed by atoms with Gasteiger partial charge in [0.05, 0.1) is 19.3 Å². The predicted octanol–water partition coefficient (Wildman–Crippen LogP) is 3.02. The van der Waals surface area contributed by atoms with Gasteiger partial charge in [-0.3, -0.25) is 15.1 Å². The van der Waals surface area contributed by atoms with Crippen LogP contribution in [0.3, 0.4) is 0 Å². The first-order valence-electron chi connectivity index (χ1n) is 16.0.